The number of aromatic nitrogens is 2. The lowest BCUT2D eigenvalue weighted by molar-refractivity contribution is 0.331. The fourth-order valence-corrected chi connectivity index (χ4v) is 2.54. The predicted octanol–water partition coefficient (Wildman–Crippen LogP) is 4.34. The Kier molecular flexibility index (Phi) is 6.10. The molecule has 0 bridgehead atoms. The van der Waals surface area contributed by atoms with E-state index in [1.54, 1.807) is 13.3 Å². The van der Waals surface area contributed by atoms with Crippen LogP contribution < -0.4 is 20.1 Å². The van der Waals surface area contributed by atoms with Crippen molar-refractivity contribution in [2.45, 2.75) is 13.8 Å². The highest BCUT2D eigenvalue weighted by Gasteiger charge is 2.04. The van der Waals surface area contributed by atoms with E-state index in [1.807, 2.05) is 42.5 Å². The van der Waals surface area contributed by atoms with Crippen molar-refractivity contribution in [3.05, 3.63) is 65.9 Å². The van der Waals surface area contributed by atoms with Crippen LogP contribution in [0, 0.1) is 13.8 Å². The molecule has 1 heterocycles. The minimum absolute atomic E-state index is 0.524. The molecule has 2 aromatic carbocycles. The van der Waals surface area contributed by atoms with Gasteiger partial charge in [0.05, 0.1) is 13.7 Å². The van der Waals surface area contributed by atoms with Crippen molar-refractivity contribution in [3.63, 3.8) is 0 Å². The molecule has 0 aliphatic rings. The highest BCUT2D eigenvalue weighted by molar-refractivity contribution is 5.60. The molecule has 3 rings (SSSR count). The Hall–Kier alpha value is -3.28. The topological polar surface area (TPSA) is 68.3 Å². The summed E-state index contributed by atoms with van der Waals surface area (Å²) in [4.78, 5) is 8.79. The predicted molar refractivity (Wildman–Crippen MR) is 108 cm³/mol. The first kappa shape index (κ1) is 18.5. The number of methoxy groups -OCH3 is 1. The number of rotatable bonds is 8. The monoisotopic (exact) mass is 364 g/mol. The zero-order valence-corrected chi connectivity index (χ0v) is 15.8. The molecule has 0 aliphatic carbocycles. The molecule has 6 nitrogen and oxygen atoms in total. The summed E-state index contributed by atoms with van der Waals surface area (Å²) in [5.41, 5.74) is 3.42. The Morgan fingerprint density at radius 1 is 0.963 bits per heavy atom. The van der Waals surface area contributed by atoms with Crippen LogP contribution in [-0.4, -0.2) is 30.2 Å². The summed E-state index contributed by atoms with van der Waals surface area (Å²) in [5.74, 6) is 2.92. The molecule has 0 saturated carbocycles. The molecule has 0 spiro atoms. The van der Waals surface area contributed by atoms with Gasteiger partial charge < -0.3 is 20.1 Å². The van der Waals surface area contributed by atoms with Crippen LogP contribution in [0.25, 0.3) is 0 Å². The summed E-state index contributed by atoms with van der Waals surface area (Å²) in [7, 11) is 1.64. The largest absolute Gasteiger partial charge is 0.497 e. The molecule has 27 heavy (non-hydrogen) atoms. The first-order valence-corrected chi connectivity index (χ1v) is 8.83. The van der Waals surface area contributed by atoms with E-state index in [1.165, 1.54) is 11.1 Å². The van der Waals surface area contributed by atoms with Gasteiger partial charge in [0, 0.05) is 11.9 Å². The molecule has 0 radical (unpaired) electrons. The van der Waals surface area contributed by atoms with E-state index >= 15 is 0 Å². The second-order valence-electron chi connectivity index (χ2n) is 6.09. The third kappa shape index (κ3) is 5.10. The number of hydrogen-bond donors (Lipinski definition) is 2. The van der Waals surface area contributed by atoms with Gasteiger partial charge in [-0.05, 0) is 61.4 Å². The number of nitrogens with one attached hydrogen (secondary N) is 2. The van der Waals surface area contributed by atoms with Gasteiger partial charge in [0.15, 0.2) is 0 Å². The Morgan fingerprint density at radius 2 is 1.74 bits per heavy atom. The van der Waals surface area contributed by atoms with Gasteiger partial charge in [-0.2, -0.15) is 4.98 Å². The van der Waals surface area contributed by atoms with Crippen LogP contribution in [0.2, 0.25) is 0 Å². The summed E-state index contributed by atoms with van der Waals surface area (Å²) < 4.78 is 10.8. The van der Waals surface area contributed by atoms with Crippen molar-refractivity contribution >= 4 is 17.5 Å². The Labute approximate surface area is 159 Å². The number of aryl methyl sites for hydroxylation is 1. The summed E-state index contributed by atoms with van der Waals surface area (Å²) in [6, 6.07) is 15.5. The number of nitrogens with zero attached hydrogens (tertiary/aromatic N) is 2. The van der Waals surface area contributed by atoms with E-state index < -0.39 is 0 Å². The number of benzene rings is 2. The molecule has 6 heteroatoms. The summed E-state index contributed by atoms with van der Waals surface area (Å²) in [6.45, 7) is 5.32. The van der Waals surface area contributed by atoms with Gasteiger partial charge in [-0.15, -0.1) is 0 Å². The minimum atomic E-state index is 0.524. The van der Waals surface area contributed by atoms with Crippen LogP contribution >= 0.6 is 0 Å². The molecular weight excluding hydrogens is 340 g/mol. The van der Waals surface area contributed by atoms with Crippen LogP contribution in [0.15, 0.2) is 54.7 Å². The maximum absolute atomic E-state index is 5.70. The molecule has 0 unspecified atom stereocenters. The minimum Gasteiger partial charge on any atom is -0.497 e. The fraction of sp³-hybridized carbons (Fsp3) is 0.238. The fourth-order valence-electron chi connectivity index (χ4n) is 2.54. The van der Waals surface area contributed by atoms with Gasteiger partial charge >= 0.3 is 0 Å². The molecule has 0 fully saturated rings. The lowest BCUT2D eigenvalue weighted by Crippen LogP contribution is -2.13. The smallest absolute Gasteiger partial charge is 0.229 e. The van der Waals surface area contributed by atoms with E-state index in [9.17, 15) is 0 Å². The van der Waals surface area contributed by atoms with Gasteiger partial charge in [-0.1, -0.05) is 12.1 Å². The molecule has 0 saturated heterocycles. The molecule has 0 atom stereocenters. The normalized spacial score (nSPS) is 10.3. The molecule has 0 aliphatic heterocycles. The zero-order valence-electron chi connectivity index (χ0n) is 15.8. The van der Waals surface area contributed by atoms with Crippen LogP contribution in [0.5, 0.6) is 11.5 Å². The van der Waals surface area contributed by atoms with Crippen LogP contribution in [0.3, 0.4) is 0 Å². The lowest BCUT2D eigenvalue weighted by Gasteiger charge is -2.12. The molecular formula is C21H24N4O2. The highest BCUT2D eigenvalue weighted by Crippen LogP contribution is 2.21. The molecule has 3 aromatic rings. The summed E-state index contributed by atoms with van der Waals surface area (Å²) in [5, 5.41) is 6.52. The van der Waals surface area contributed by atoms with E-state index in [0.29, 0.717) is 19.1 Å². The first-order valence-electron chi connectivity index (χ1n) is 8.83. The Balaban J connectivity index is 1.52. The van der Waals surface area contributed by atoms with Crippen LogP contribution in [0.1, 0.15) is 11.1 Å². The van der Waals surface area contributed by atoms with Crippen molar-refractivity contribution in [2.75, 3.05) is 30.9 Å². The summed E-state index contributed by atoms with van der Waals surface area (Å²) >= 11 is 0. The van der Waals surface area contributed by atoms with E-state index in [-0.39, 0.29) is 0 Å². The van der Waals surface area contributed by atoms with Gasteiger partial charge in [0.25, 0.3) is 0 Å². The molecule has 1 aromatic heterocycles. The van der Waals surface area contributed by atoms with Crippen molar-refractivity contribution in [1.29, 1.82) is 0 Å². The third-order valence-corrected chi connectivity index (χ3v) is 4.24. The van der Waals surface area contributed by atoms with Gasteiger partial charge in [-0.25, -0.2) is 4.98 Å². The summed E-state index contributed by atoms with van der Waals surface area (Å²) in [6.07, 6.45) is 1.73. The molecule has 2 N–H and O–H groups in total. The van der Waals surface area contributed by atoms with Crippen molar-refractivity contribution in [2.24, 2.45) is 0 Å². The third-order valence-electron chi connectivity index (χ3n) is 4.24. The second kappa shape index (κ2) is 8.89. The van der Waals surface area contributed by atoms with Crippen LogP contribution in [0.4, 0.5) is 17.5 Å². The quantitative estimate of drug-likeness (QED) is 0.580. The van der Waals surface area contributed by atoms with E-state index in [4.69, 9.17) is 9.47 Å². The van der Waals surface area contributed by atoms with Crippen molar-refractivity contribution in [1.82, 2.24) is 9.97 Å². The Morgan fingerprint density at radius 3 is 2.52 bits per heavy atom. The maximum atomic E-state index is 5.70. The standard InChI is InChI=1S/C21H24N4O2/c1-15-5-4-6-19(16(15)2)24-21-23-12-11-20(25-21)22-13-14-27-18-9-7-17(26-3)8-10-18/h4-12H,13-14H2,1-3H3,(H2,22,23,24,25). The highest BCUT2D eigenvalue weighted by atomic mass is 16.5. The SMILES string of the molecule is COc1ccc(OCCNc2ccnc(Nc3cccc(C)c3C)n2)cc1. The average molecular weight is 364 g/mol. The van der Waals surface area contributed by atoms with Crippen molar-refractivity contribution < 1.29 is 9.47 Å². The number of ether oxygens (including phenoxy) is 2. The van der Waals surface area contributed by atoms with Gasteiger partial charge in [-0.3, -0.25) is 0 Å². The van der Waals surface area contributed by atoms with Gasteiger partial charge in [0.2, 0.25) is 5.95 Å². The van der Waals surface area contributed by atoms with Crippen molar-refractivity contribution in [3.8, 4) is 11.5 Å². The van der Waals surface area contributed by atoms with E-state index in [0.717, 1.165) is 23.0 Å². The zero-order chi connectivity index (χ0) is 19.1. The van der Waals surface area contributed by atoms with Gasteiger partial charge in [0.1, 0.15) is 23.9 Å². The molecule has 140 valence electrons. The average Bonchev–Trinajstić information content (AvgIpc) is 2.70. The second-order valence-corrected chi connectivity index (χ2v) is 6.09. The first-order chi connectivity index (χ1) is 13.2. The Bertz CT molecular complexity index is 882. The number of anilines is 3. The lowest BCUT2D eigenvalue weighted by atomic mass is 10.1. The van der Waals surface area contributed by atoms with E-state index in [2.05, 4.69) is 40.5 Å². The maximum Gasteiger partial charge on any atom is 0.229 e. The molecule has 0 amide bonds. The van der Waals surface area contributed by atoms with Crippen LogP contribution in [-0.2, 0) is 0 Å². The number of hydrogen-bond acceptors (Lipinski definition) is 6.